The summed E-state index contributed by atoms with van der Waals surface area (Å²) in [6, 6.07) is 17.2. The lowest BCUT2D eigenvalue weighted by molar-refractivity contribution is 0.587. The van der Waals surface area contributed by atoms with E-state index in [0.717, 1.165) is 36.5 Å². The Bertz CT molecular complexity index is 1140. The van der Waals surface area contributed by atoms with Gasteiger partial charge in [0.15, 0.2) is 0 Å². The molecule has 0 aliphatic rings. The highest BCUT2D eigenvalue weighted by Gasteiger charge is 2.18. The molecule has 29 heavy (non-hydrogen) atoms. The average molecular weight is 386 g/mol. The molecule has 2 aromatic carbocycles. The first-order valence-electron chi connectivity index (χ1n) is 10.8. The van der Waals surface area contributed by atoms with Gasteiger partial charge in [0, 0.05) is 23.7 Å². The topological polar surface area (TPSA) is 29.3 Å². The maximum Gasteiger partial charge on any atom is 0.147 e. The molecule has 3 heteroatoms. The number of aromatic nitrogens is 2. The van der Waals surface area contributed by atoms with Crippen LogP contribution < -0.4 is 5.32 Å². The van der Waals surface area contributed by atoms with Gasteiger partial charge in [-0.15, -0.1) is 0 Å². The van der Waals surface area contributed by atoms with E-state index in [1.807, 2.05) is 0 Å². The third-order valence-corrected chi connectivity index (χ3v) is 5.64. The zero-order valence-corrected chi connectivity index (χ0v) is 18.0. The van der Waals surface area contributed by atoms with Crippen molar-refractivity contribution in [3.8, 4) is 11.3 Å². The lowest BCUT2D eigenvalue weighted by Gasteiger charge is -2.13. The highest BCUT2D eigenvalue weighted by Crippen LogP contribution is 2.35. The smallest absolute Gasteiger partial charge is 0.147 e. The monoisotopic (exact) mass is 385 g/mol. The molecule has 0 aliphatic heterocycles. The van der Waals surface area contributed by atoms with E-state index in [1.54, 1.807) is 0 Å². The van der Waals surface area contributed by atoms with Crippen molar-refractivity contribution in [2.24, 2.45) is 5.92 Å². The minimum absolute atomic E-state index is 0.687. The first-order chi connectivity index (χ1) is 14.1. The van der Waals surface area contributed by atoms with Crippen LogP contribution in [0.15, 0.2) is 54.7 Å². The number of pyridine rings is 1. The zero-order chi connectivity index (χ0) is 20.4. The molecule has 0 atom stereocenters. The van der Waals surface area contributed by atoms with Crippen molar-refractivity contribution >= 4 is 22.2 Å². The Morgan fingerprint density at radius 1 is 1.00 bits per heavy atom. The summed E-state index contributed by atoms with van der Waals surface area (Å²) in [5.41, 5.74) is 5.92. The van der Waals surface area contributed by atoms with Crippen LogP contribution in [0.1, 0.15) is 44.7 Å². The number of fused-ring (bicyclic) bond motifs is 3. The predicted molar refractivity (Wildman–Crippen MR) is 125 cm³/mol. The molecular weight excluding hydrogens is 354 g/mol. The van der Waals surface area contributed by atoms with Crippen molar-refractivity contribution < 1.29 is 0 Å². The van der Waals surface area contributed by atoms with E-state index in [2.05, 4.69) is 92.1 Å². The van der Waals surface area contributed by atoms with Gasteiger partial charge in [-0.1, -0.05) is 69.3 Å². The second-order valence-corrected chi connectivity index (χ2v) is 8.38. The molecule has 0 unspecified atom stereocenters. The first kappa shape index (κ1) is 19.5. The van der Waals surface area contributed by atoms with Crippen molar-refractivity contribution in [1.29, 1.82) is 0 Å². The van der Waals surface area contributed by atoms with E-state index < -0.39 is 0 Å². The Labute approximate surface area is 173 Å². The van der Waals surface area contributed by atoms with Crippen molar-refractivity contribution in [2.75, 3.05) is 11.9 Å². The van der Waals surface area contributed by atoms with Crippen molar-refractivity contribution in [2.45, 2.75) is 47.0 Å². The van der Waals surface area contributed by atoms with E-state index in [9.17, 15) is 0 Å². The Morgan fingerprint density at radius 2 is 1.72 bits per heavy atom. The molecule has 0 aliphatic carbocycles. The summed E-state index contributed by atoms with van der Waals surface area (Å²) < 4.78 is 2.29. The van der Waals surface area contributed by atoms with Crippen LogP contribution in [0.4, 0.5) is 5.82 Å². The van der Waals surface area contributed by atoms with E-state index in [0.29, 0.717) is 5.92 Å². The minimum atomic E-state index is 0.687. The van der Waals surface area contributed by atoms with Crippen LogP contribution >= 0.6 is 0 Å². The summed E-state index contributed by atoms with van der Waals surface area (Å²) in [5, 5.41) is 6.22. The number of nitrogens with one attached hydrogen (secondary N) is 1. The average Bonchev–Trinajstić information content (AvgIpc) is 3.09. The third-order valence-electron chi connectivity index (χ3n) is 5.64. The molecule has 2 heterocycles. The zero-order valence-electron chi connectivity index (χ0n) is 18.0. The van der Waals surface area contributed by atoms with Gasteiger partial charge in [-0.05, 0) is 48.6 Å². The number of imidazole rings is 1. The van der Waals surface area contributed by atoms with Gasteiger partial charge in [-0.2, -0.15) is 0 Å². The lowest BCUT2D eigenvalue weighted by Crippen LogP contribution is -2.05. The molecule has 2 aromatic heterocycles. The number of anilines is 1. The molecule has 150 valence electrons. The SMILES string of the molecule is CCCNc1c(-c2ccccc2C)nc2c3ccccc3c(CCC(C)C)cn12. The number of hydrogen-bond donors (Lipinski definition) is 1. The molecule has 1 N–H and O–H groups in total. The van der Waals surface area contributed by atoms with Crippen molar-refractivity contribution in [3.63, 3.8) is 0 Å². The summed E-state index contributed by atoms with van der Waals surface area (Å²) in [7, 11) is 0. The molecule has 0 bridgehead atoms. The standard InChI is InChI=1S/C26H31N3/c1-5-16-27-26-24(21-11-7-6-10-19(21)4)28-25-23-13-9-8-12-22(23)20(17-29(25)26)15-14-18(2)3/h6-13,17-18,27H,5,14-16H2,1-4H3. The van der Waals surface area contributed by atoms with Crippen molar-refractivity contribution in [1.82, 2.24) is 9.38 Å². The fraction of sp³-hybridized carbons (Fsp3) is 0.346. The number of rotatable bonds is 7. The first-order valence-corrected chi connectivity index (χ1v) is 10.8. The largest absolute Gasteiger partial charge is 0.369 e. The van der Waals surface area contributed by atoms with E-state index in [-0.39, 0.29) is 0 Å². The minimum Gasteiger partial charge on any atom is -0.369 e. The molecular formula is C26H31N3. The van der Waals surface area contributed by atoms with Crippen LogP contribution in [0.2, 0.25) is 0 Å². The molecule has 0 fully saturated rings. The van der Waals surface area contributed by atoms with Gasteiger partial charge >= 0.3 is 0 Å². The second-order valence-electron chi connectivity index (χ2n) is 8.38. The van der Waals surface area contributed by atoms with Gasteiger partial charge < -0.3 is 5.32 Å². The Kier molecular flexibility index (Phi) is 5.57. The van der Waals surface area contributed by atoms with Gasteiger partial charge in [-0.3, -0.25) is 4.40 Å². The number of nitrogens with zero attached hydrogens (tertiary/aromatic N) is 2. The van der Waals surface area contributed by atoms with Crippen LogP contribution in [-0.4, -0.2) is 15.9 Å². The Hall–Kier alpha value is -2.81. The molecule has 4 rings (SSSR count). The fourth-order valence-corrected chi connectivity index (χ4v) is 4.01. The summed E-state index contributed by atoms with van der Waals surface area (Å²) in [6.45, 7) is 9.88. The summed E-state index contributed by atoms with van der Waals surface area (Å²) >= 11 is 0. The summed E-state index contributed by atoms with van der Waals surface area (Å²) in [6.07, 6.45) is 5.66. The predicted octanol–water partition coefficient (Wildman–Crippen LogP) is 6.87. The molecule has 0 spiro atoms. The molecule has 0 amide bonds. The summed E-state index contributed by atoms with van der Waals surface area (Å²) in [4.78, 5) is 5.16. The van der Waals surface area contributed by atoms with Crippen LogP contribution in [-0.2, 0) is 6.42 Å². The van der Waals surface area contributed by atoms with Gasteiger partial charge in [0.2, 0.25) is 0 Å². The van der Waals surface area contributed by atoms with E-state index in [1.165, 1.54) is 33.9 Å². The van der Waals surface area contributed by atoms with E-state index in [4.69, 9.17) is 4.98 Å². The number of benzene rings is 2. The molecule has 0 radical (unpaired) electrons. The van der Waals surface area contributed by atoms with Gasteiger partial charge in [0.05, 0.1) is 0 Å². The Balaban J connectivity index is 2.00. The van der Waals surface area contributed by atoms with Crippen LogP contribution in [0.3, 0.4) is 0 Å². The van der Waals surface area contributed by atoms with Gasteiger partial charge in [0.1, 0.15) is 17.2 Å². The van der Waals surface area contributed by atoms with E-state index >= 15 is 0 Å². The maximum atomic E-state index is 5.16. The Morgan fingerprint density at radius 3 is 2.45 bits per heavy atom. The highest BCUT2D eigenvalue weighted by molar-refractivity contribution is 5.98. The normalized spacial score (nSPS) is 11.6. The van der Waals surface area contributed by atoms with Crippen LogP contribution in [0, 0.1) is 12.8 Å². The molecule has 0 saturated carbocycles. The third kappa shape index (κ3) is 3.74. The number of hydrogen-bond acceptors (Lipinski definition) is 2. The maximum absolute atomic E-state index is 5.16. The molecule has 4 aromatic rings. The van der Waals surface area contributed by atoms with Crippen molar-refractivity contribution in [3.05, 3.63) is 65.9 Å². The summed E-state index contributed by atoms with van der Waals surface area (Å²) in [5.74, 6) is 1.79. The second kappa shape index (κ2) is 8.28. The van der Waals surface area contributed by atoms with Crippen LogP contribution in [0.25, 0.3) is 27.7 Å². The van der Waals surface area contributed by atoms with Gasteiger partial charge in [0.25, 0.3) is 0 Å². The highest BCUT2D eigenvalue weighted by atomic mass is 15.1. The molecule has 3 nitrogen and oxygen atoms in total. The van der Waals surface area contributed by atoms with Crippen LogP contribution in [0.5, 0.6) is 0 Å². The lowest BCUT2D eigenvalue weighted by atomic mass is 9.99. The van der Waals surface area contributed by atoms with Gasteiger partial charge in [-0.25, -0.2) is 4.98 Å². The number of aryl methyl sites for hydroxylation is 2. The molecule has 0 saturated heterocycles. The fourth-order valence-electron chi connectivity index (χ4n) is 4.01. The quantitative estimate of drug-likeness (QED) is 0.376.